The van der Waals surface area contributed by atoms with Gasteiger partial charge < -0.3 is 11.1 Å². The van der Waals surface area contributed by atoms with Crippen molar-refractivity contribution in [1.29, 1.82) is 0 Å². The second-order valence-corrected chi connectivity index (χ2v) is 6.32. The van der Waals surface area contributed by atoms with Gasteiger partial charge in [-0.1, -0.05) is 6.42 Å². The Morgan fingerprint density at radius 3 is 2.82 bits per heavy atom. The van der Waals surface area contributed by atoms with Crippen LogP contribution in [-0.4, -0.2) is 18.1 Å². The molecule has 5 heteroatoms. The molecule has 0 aromatic carbocycles. The number of nitrogens with one attached hydrogen (secondary N) is 1. The van der Waals surface area contributed by atoms with Crippen molar-refractivity contribution >= 4 is 37.7 Å². The molecule has 0 aliphatic heterocycles. The van der Waals surface area contributed by atoms with Crippen LogP contribution in [0.4, 0.5) is 5.82 Å². The van der Waals surface area contributed by atoms with Gasteiger partial charge >= 0.3 is 0 Å². The molecule has 1 aromatic rings. The number of hydrogen-bond donors (Lipinski definition) is 2. The quantitative estimate of drug-likeness (QED) is 0.863. The van der Waals surface area contributed by atoms with Gasteiger partial charge in [0, 0.05) is 17.2 Å². The number of hydrogen-bond acceptors (Lipinski definition) is 3. The lowest BCUT2D eigenvalue weighted by atomic mass is 9.96. The van der Waals surface area contributed by atoms with E-state index in [1.54, 1.807) is 0 Å². The minimum absolute atomic E-state index is 0.678. The zero-order valence-corrected chi connectivity index (χ0v) is 12.8. The fraction of sp³-hybridized carbons (Fsp3) is 0.583. The summed E-state index contributed by atoms with van der Waals surface area (Å²) in [6, 6.07) is 2.00. The highest BCUT2D eigenvalue weighted by Gasteiger charge is 2.25. The van der Waals surface area contributed by atoms with Crippen molar-refractivity contribution in [3.8, 4) is 0 Å². The van der Waals surface area contributed by atoms with Crippen LogP contribution < -0.4 is 11.1 Å². The van der Waals surface area contributed by atoms with E-state index in [-0.39, 0.29) is 0 Å². The number of halogens is 2. The van der Waals surface area contributed by atoms with Crippen molar-refractivity contribution < 1.29 is 0 Å². The van der Waals surface area contributed by atoms with E-state index in [1.165, 1.54) is 19.3 Å². The molecule has 1 aliphatic rings. The average Bonchev–Trinajstić information content (AvgIpc) is 2.75. The molecule has 1 aliphatic carbocycles. The predicted molar refractivity (Wildman–Crippen MR) is 78.0 cm³/mol. The van der Waals surface area contributed by atoms with E-state index in [4.69, 9.17) is 5.73 Å². The minimum Gasteiger partial charge on any atom is -0.369 e. The number of anilines is 1. The van der Waals surface area contributed by atoms with Gasteiger partial charge in [-0.05, 0) is 69.1 Å². The fourth-order valence-corrected chi connectivity index (χ4v) is 3.59. The maximum atomic E-state index is 5.78. The Balaban J connectivity index is 1.93. The van der Waals surface area contributed by atoms with Crippen LogP contribution in [0, 0.1) is 11.8 Å². The summed E-state index contributed by atoms with van der Waals surface area (Å²) in [4.78, 5) is 4.35. The third-order valence-corrected chi connectivity index (χ3v) is 4.50. The summed E-state index contributed by atoms with van der Waals surface area (Å²) < 4.78 is 1.98. The van der Waals surface area contributed by atoms with E-state index in [0.717, 1.165) is 27.9 Å². The van der Waals surface area contributed by atoms with E-state index in [0.29, 0.717) is 11.8 Å². The van der Waals surface area contributed by atoms with Gasteiger partial charge in [-0.2, -0.15) is 0 Å². The van der Waals surface area contributed by atoms with Crippen LogP contribution in [0.1, 0.15) is 19.3 Å². The third-order valence-electron chi connectivity index (χ3n) is 3.46. The molecule has 17 heavy (non-hydrogen) atoms. The third kappa shape index (κ3) is 3.42. The smallest absolute Gasteiger partial charge is 0.140 e. The first-order valence-corrected chi connectivity index (χ1v) is 7.54. The largest absolute Gasteiger partial charge is 0.369 e. The summed E-state index contributed by atoms with van der Waals surface area (Å²) in [6.45, 7) is 1.77. The Kier molecular flexibility index (Phi) is 4.82. The topological polar surface area (TPSA) is 50.9 Å². The number of aromatic nitrogens is 1. The summed E-state index contributed by atoms with van der Waals surface area (Å²) in [5, 5.41) is 3.41. The molecule has 0 spiro atoms. The Morgan fingerprint density at radius 2 is 2.12 bits per heavy atom. The number of pyridine rings is 1. The molecule has 94 valence electrons. The maximum absolute atomic E-state index is 5.78. The Bertz CT molecular complexity index is 384. The molecule has 0 bridgehead atoms. The Hall–Kier alpha value is -0.130. The van der Waals surface area contributed by atoms with Gasteiger partial charge in [-0.25, -0.2) is 4.98 Å². The first kappa shape index (κ1) is 13.3. The van der Waals surface area contributed by atoms with Gasteiger partial charge in [0.1, 0.15) is 5.82 Å². The van der Waals surface area contributed by atoms with Crippen molar-refractivity contribution in [3.05, 3.63) is 21.2 Å². The van der Waals surface area contributed by atoms with Crippen molar-refractivity contribution in [2.45, 2.75) is 19.3 Å². The van der Waals surface area contributed by atoms with E-state index >= 15 is 0 Å². The molecule has 2 atom stereocenters. The first-order valence-electron chi connectivity index (χ1n) is 5.95. The zero-order chi connectivity index (χ0) is 12.3. The van der Waals surface area contributed by atoms with Gasteiger partial charge in [-0.3, -0.25) is 0 Å². The summed E-state index contributed by atoms with van der Waals surface area (Å²) >= 11 is 6.91. The van der Waals surface area contributed by atoms with Gasteiger partial charge in [0.25, 0.3) is 0 Å². The second-order valence-electron chi connectivity index (χ2n) is 4.55. The van der Waals surface area contributed by atoms with Crippen LogP contribution in [-0.2, 0) is 0 Å². The average molecular weight is 363 g/mol. The van der Waals surface area contributed by atoms with Crippen LogP contribution in [0.5, 0.6) is 0 Å². The Morgan fingerprint density at radius 1 is 1.35 bits per heavy atom. The molecule has 0 radical (unpaired) electrons. The zero-order valence-electron chi connectivity index (χ0n) is 9.63. The lowest BCUT2D eigenvalue weighted by molar-refractivity contribution is 0.414. The van der Waals surface area contributed by atoms with Crippen LogP contribution in [0.3, 0.4) is 0 Å². The molecule has 0 saturated heterocycles. The molecule has 1 fully saturated rings. The van der Waals surface area contributed by atoms with E-state index < -0.39 is 0 Å². The molecule has 2 unspecified atom stereocenters. The minimum atomic E-state index is 0.678. The van der Waals surface area contributed by atoms with Gasteiger partial charge in [0.05, 0.1) is 4.47 Å². The maximum Gasteiger partial charge on any atom is 0.140 e. The highest BCUT2D eigenvalue weighted by molar-refractivity contribution is 9.11. The van der Waals surface area contributed by atoms with Crippen LogP contribution in [0.15, 0.2) is 21.2 Å². The van der Waals surface area contributed by atoms with Crippen molar-refractivity contribution in [1.82, 2.24) is 4.98 Å². The molecular formula is C12H17Br2N3. The van der Waals surface area contributed by atoms with E-state index in [2.05, 4.69) is 42.2 Å². The molecule has 3 N–H and O–H groups in total. The van der Waals surface area contributed by atoms with Crippen molar-refractivity contribution in [2.75, 3.05) is 18.4 Å². The lowest BCUT2D eigenvalue weighted by Gasteiger charge is -2.19. The predicted octanol–water partition coefficient (Wildman–Crippen LogP) is 3.39. The Labute approximate surface area is 119 Å². The van der Waals surface area contributed by atoms with Crippen LogP contribution in [0.25, 0.3) is 0 Å². The summed E-state index contributed by atoms with van der Waals surface area (Å²) in [5.74, 6) is 2.28. The van der Waals surface area contributed by atoms with Gasteiger partial charge in [-0.15, -0.1) is 0 Å². The summed E-state index contributed by atoms with van der Waals surface area (Å²) in [6.07, 6.45) is 5.67. The molecule has 1 saturated carbocycles. The lowest BCUT2D eigenvalue weighted by Crippen LogP contribution is -2.24. The number of nitrogens with zero attached hydrogens (tertiary/aromatic N) is 1. The summed E-state index contributed by atoms with van der Waals surface area (Å²) in [7, 11) is 0. The van der Waals surface area contributed by atoms with Gasteiger partial charge in [0.15, 0.2) is 0 Å². The monoisotopic (exact) mass is 361 g/mol. The highest BCUT2D eigenvalue weighted by atomic mass is 79.9. The molecule has 1 aromatic heterocycles. The van der Waals surface area contributed by atoms with Crippen LogP contribution >= 0.6 is 31.9 Å². The van der Waals surface area contributed by atoms with E-state index in [9.17, 15) is 0 Å². The molecule has 2 rings (SSSR count). The van der Waals surface area contributed by atoms with E-state index in [1.807, 2.05) is 12.3 Å². The molecule has 3 nitrogen and oxygen atoms in total. The van der Waals surface area contributed by atoms with Crippen molar-refractivity contribution in [2.24, 2.45) is 17.6 Å². The highest BCUT2D eigenvalue weighted by Crippen LogP contribution is 2.31. The molecular weight excluding hydrogens is 346 g/mol. The SMILES string of the molecule is NCC1CCCC1CNc1ncc(Br)cc1Br. The standard InChI is InChI=1S/C12H17Br2N3/c13-10-4-11(14)12(17-7-10)16-6-9-3-1-2-8(9)5-15/h4,7-9H,1-3,5-6,15H2,(H,16,17). The normalized spacial score (nSPS) is 23.9. The second kappa shape index (κ2) is 6.16. The first-order chi connectivity index (χ1) is 8.20. The fourth-order valence-electron chi connectivity index (χ4n) is 2.47. The van der Waals surface area contributed by atoms with Crippen LogP contribution in [0.2, 0.25) is 0 Å². The summed E-state index contributed by atoms with van der Waals surface area (Å²) in [5.41, 5.74) is 5.78. The number of nitrogens with two attached hydrogens (primary N) is 1. The molecule has 0 amide bonds. The molecule has 1 heterocycles. The van der Waals surface area contributed by atoms with Crippen molar-refractivity contribution in [3.63, 3.8) is 0 Å². The number of rotatable bonds is 4. The van der Waals surface area contributed by atoms with Gasteiger partial charge in [0.2, 0.25) is 0 Å².